The number of carbonyl (C=O) groups is 2. The van der Waals surface area contributed by atoms with Gasteiger partial charge in [0.15, 0.2) is 0 Å². The van der Waals surface area contributed by atoms with Gasteiger partial charge in [-0.2, -0.15) is 5.26 Å². The van der Waals surface area contributed by atoms with Gasteiger partial charge in [0.1, 0.15) is 0 Å². The average Bonchev–Trinajstić information content (AvgIpc) is 3.16. The van der Waals surface area contributed by atoms with Gasteiger partial charge in [-0.05, 0) is 37.1 Å². The lowest BCUT2D eigenvalue weighted by Gasteiger charge is -2.15. The molecule has 0 bridgehead atoms. The van der Waals surface area contributed by atoms with Crippen molar-refractivity contribution in [2.75, 3.05) is 18.4 Å². The third kappa shape index (κ3) is 3.41. The Morgan fingerprint density at radius 1 is 1.12 bits per heavy atom. The van der Waals surface area contributed by atoms with Crippen molar-refractivity contribution in [1.29, 1.82) is 5.26 Å². The monoisotopic (exact) mass is 320 g/mol. The molecule has 1 N–H and O–H groups in total. The van der Waals surface area contributed by atoms with Crippen molar-refractivity contribution in [3.8, 4) is 6.07 Å². The van der Waals surface area contributed by atoms with Crippen molar-refractivity contribution in [2.45, 2.75) is 12.8 Å². The van der Waals surface area contributed by atoms with Crippen LogP contribution in [0.15, 0.2) is 42.7 Å². The third-order valence-electron chi connectivity index (χ3n) is 3.89. The minimum atomic E-state index is -0.367. The molecule has 6 heteroatoms. The highest BCUT2D eigenvalue weighted by Crippen LogP contribution is 2.15. The van der Waals surface area contributed by atoms with Gasteiger partial charge in [-0.15, -0.1) is 0 Å². The number of benzene rings is 1. The first kappa shape index (κ1) is 15.7. The summed E-state index contributed by atoms with van der Waals surface area (Å²) in [5.41, 5.74) is 1.71. The second-order valence-corrected chi connectivity index (χ2v) is 5.61. The van der Waals surface area contributed by atoms with Crippen molar-refractivity contribution in [2.24, 2.45) is 0 Å². The van der Waals surface area contributed by atoms with Gasteiger partial charge in [0.2, 0.25) is 0 Å². The second-order valence-electron chi connectivity index (χ2n) is 5.61. The van der Waals surface area contributed by atoms with Gasteiger partial charge in [-0.1, -0.05) is 6.07 Å². The molecule has 120 valence electrons. The number of nitriles is 1. The van der Waals surface area contributed by atoms with E-state index in [0.29, 0.717) is 22.4 Å². The summed E-state index contributed by atoms with van der Waals surface area (Å²) >= 11 is 0. The molecule has 24 heavy (non-hydrogen) atoms. The van der Waals surface area contributed by atoms with Gasteiger partial charge >= 0.3 is 0 Å². The molecule has 1 aliphatic heterocycles. The number of likely N-dealkylation sites (tertiary alicyclic amines) is 1. The van der Waals surface area contributed by atoms with Crippen LogP contribution < -0.4 is 5.32 Å². The summed E-state index contributed by atoms with van der Waals surface area (Å²) in [6.07, 6.45) is 4.92. The van der Waals surface area contributed by atoms with Crippen molar-refractivity contribution in [1.82, 2.24) is 9.88 Å². The van der Waals surface area contributed by atoms with E-state index in [1.807, 2.05) is 6.07 Å². The Labute approximate surface area is 139 Å². The van der Waals surface area contributed by atoms with E-state index in [9.17, 15) is 9.59 Å². The third-order valence-corrected chi connectivity index (χ3v) is 3.89. The molecule has 0 radical (unpaired) electrons. The fourth-order valence-corrected chi connectivity index (χ4v) is 2.65. The number of carbonyl (C=O) groups excluding carboxylic acids is 2. The smallest absolute Gasteiger partial charge is 0.257 e. The van der Waals surface area contributed by atoms with Crippen molar-refractivity contribution < 1.29 is 9.59 Å². The number of pyridine rings is 1. The Morgan fingerprint density at radius 3 is 2.62 bits per heavy atom. The normalized spacial score (nSPS) is 13.4. The molecule has 0 unspecified atom stereocenters. The van der Waals surface area contributed by atoms with Gasteiger partial charge in [-0.3, -0.25) is 14.6 Å². The summed E-state index contributed by atoms with van der Waals surface area (Å²) in [6.45, 7) is 1.49. The summed E-state index contributed by atoms with van der Waals surface area (Å²) in [6, 6.07) is 10.2. The first-order valence-corrected chi connectivity index (χ1v) is 7.73. The summed E-state index contributed by atoms with van der Waals surface area (Å²) in [5, 5.41) is 11.6. The van der Waals surface area contributed by atoms with E-state index in [4.69, 9.17) is 5.26 Å². The highest BCUT2D eigenvalue weighted by atomic mass is 16.2. The Bertz CT molecular complexity index is 820. The number of nitrogens with one attached hydrogen (secondary N) is 1. The zero-order valence-corrected chi connectivity index (χ0v) is 13.0. The fraction of sp³-hybridized carbons (Fsp3) is 0.222. The molecule has 2 heterocycles. The standard InChI is InChI=1S/C18H16N4O2/c19-10-13-4-3-5-16(8-13)21-17(23)14-9-15(12-20-11-14)18(24)22-6-1-2-7-22/h3-5,8-9,11-12H,1-2,6-7H2,(H,21,23). The van der Waals surface area contributed by atoms with Gasteiger partial charge in [-0.25, -0.2) is 0 Å². The molecular formula is C18H16N4O2. The fourth-order valence-electron chi connectivity index (χ4n) is 2.65. The molecule has 1 aromatic carbocycles. The highest BCUT2D eigenvalue weighted by Gasteiger charge is 2.20. The molecule has 3 rings (SSSR count). The van der Waals surface area contributed by atoms with Gasteiger partial charge < -0.3 is 10.2 Å². The Morgan fingerprint density at radius 2 is 1.88 bits per heavy atom. The zero-order valence-electron chi connectivity index (χ0n) is 13.0. The Hall–Kier alpha value is -3.20. The molecule has 0 spiro atoms. The zero-order chi connectivity index (χ0) is 16.9. The van der Waals surface area contributed by atoms with Crippen LogP contribution in [0.25, 0.3) is 0 Å². The predicted octanol–water partition coefficient (Wildman–Crippen LogP) is 2.44. The van der Waals surface area contributed by atoms with E-state index < -0.39 is 0 Å². The average molecular weight is 320 g/mol. The maximum atomic E-state index is 12.4. The first-order valence-electron chi connectivity index (χ1n) is 7.73. The van der Waals surface area contributed by atoms with Crippen LogP contribution in [0.1, 0.15) is 39.1 Å². The lowest BCUT2D eigenvalue weighted by molar-refractivity contribution is 0.0792. The van der Waals surface area contributed by atoms with Crippen LogP contribution in [0.4, 0.5) is 5.69 Å². The highest BCUT2D eigenvalue weighted by molar-refractivity contribution is 6.05. The van der Waals surface area contributed by atoms with Crippen molar-refractivity contribution >= 4 is 17.5 Å². The summed E-state index contributed by atoms with van der Waals surface area (Å²) in [7, 11) is 0. The minimum absolute atomic E-state index is 0.0962. The predicted molar refractivity (Wildman–Crippen MR) is 88.5 cm³/mol. The van der Waals surface area contributed by atoms with E-state index in [2.05, 4.69) is 10.3 Å². The number of anilines is 1. The van der Waals surface area contributed by atoms with Crippen LogP contribution in [0.3, 0.4) is 0 Å². The van der Waals surface area contributed by atoms with Crippen LogP contribution in [0, 0.1) is 11.3 Å². The van der Waals surface area contributed by atoms with Crippen molar-refractivity contribution in [3.05, 3.63) is 59.4 Å². The SMILES string of the molecule is N#Cc1cccc(NC(=O)c2cncc(C(=O)N3CCCC3)c2)c1. The van der Waals surface area contributed by atoms with Gasteiger partial charge in [0, 0.05) is 31.2 Å². The quantitative estimate of drug-likeness (QED) is 0.941. The van der Waals surface area contributed by atoms with Crippen LogP contribution in [0.2, 0.25) is 0 Å². The first-order chi connectivity index (χ1) is 11.7. The molecule has 2 aromatic rings. The minimum Gasteiger partial charge on any atom is -0.339 e. The molecule has 1 saturated heterocycles. The summed E-state index contributed by atoms with van der Waals surface area (Å²) in [5.74, 6) is -0.463. The number of hydrogen-bond acceptors (Lipinski definition) is 4. The second kappa shape index (κ2) is 6.92. The molecule has 2 amide bonds. The van der Waals surface area contributed by atoms with E-state index >= 15 is 0 Å². The lowest BCUT2D eigenvalue weighted by atomic mass is 10.1. The van der Waals surface area contributed by atoms with E-state index in [1.54, 1.807) is 35.2 Å². The molecule has 0 atom stereocenters. The molecule has 0 aliphatic carbocycles. The largest absolute Gasteiger partial charge is 0.339 e. The Balaban J connectivity index is 1.76. The molecule has 1 aromatic heterocycles. The Kier molecular flexibility index (Phi) is 4.52. The number of hydrogen-bond donors (Lipinski definition) is 1. The number of aromatic nitrogens is 1. The van der Waals surface area contributed by atoms with E-state index in [0.717, 1.165) is 25.9 Å². The molecule has 1 aliphatic rings. The number of nitrogens with zero attached hydrogens (tertiary/aromatic N) is 3. The molecule has 0 saturated carbocycles. The van der Waals surface area contributed by atoms with Crippen LogP contribution >= 0.6 is 0 Å². The van der Waals surface area contributed by atoms with E-state index in [-0.39, 0.29) is 11.8 Å². The van der Waals surface area contributed by atoms with Gasteiger partial charge in [0.05, 0.1) is 22.8 Å². The van der Waals surface area contributed by atoms with Crippen LogP contribution in [-0.2, 0) is 0 Å². The lowest BCUT2D eigenvalue weighted by Crippen LogP contribution is -2.28. The van der Waals surface area contributed by atoms with Crippen LogP contribution in [-0.4, -0.2) is 34.8 Å². The summed E-state index contributed by atoms with van der Waals surface area (Å²) in [4.78, 5) is 30.5. The maximum absolute atomic E-state index is 12.4. The molecule has 1 fully saturated rings. The molecular weight excluding hydrogens is 304 g/mol. The van der Waals surface area contributed by atoms with Crippen molar-refractivity contribution in [3.63, 3.8) is 0 Å². The maximum Gasteiger partial charge on any atom is 0.257 e. The van der Waals surface area contributed by atoms with Gasteiger partial charge in [0.25, 0.3) is 11.8 Å². The summed E-state index contributed by atoms with van der Waals surface area (Å²) < 4.78 is 0. The number of amides is 2. The van der Waals surface area contributed by atoms with Crippen LogP contribution in [0.5, 0.6) is 0 Å². The topological polar surface area (TPSA) is 86.1 Å². The molecule has 6 nitrogen and oxygen atoms in total. The van der Waals surface area contributed by atoms with E-state index in [1.165, 1.54) is 12.4 Å². The number of rotatable bonds is 3.